The van der Waals surface area contributed by atoms with Crippen LogP contribution in [0, 0.1) is 6.92 Å². The number of piperidine rings is 1. The number of likely N-dealkylation sites (tertiary alicyclic amines) is 1. The molecule has 1 aliphatic heterocycles. The summed E-state index contributed by atoms with van der Waals surface area (Å²) in [5.41, 5.74) is 0.983. The van der Waals surface area contributed by atoms with Crippen molar-refractivity contribution in [3.63, 3.8) is 0 Å². The Bertz CT molecular complexity index is 762. The maximum atomic E-state index is 5.28. The van der Waals surface area contributed by atoms with Crippen LogP contribution in [-0.4, -0.2) is 26.7 Å². The van der Waals surface area contributed by atoms with Crippen LogP contribution >= 0.6 is 0 Å². The molecule has 4 heterocycles. The van der Waals surface area contributed by atoms with Crippen molar-refractivity contribution in [3.05, 3.63) is 41.7 Å². The molecule has 1 fully saturated rings. The summed E-state index contributed by atoms with van der Waals surface area (Å²) in [6, 6.07) is 5.85. The first-order chi connectivity index (χ1) is 11.3. The highest BCUT2D eigenvalue weighted by Crippen LogP contribution is 2.31. The monoisotopic (exact) mass is 314 g/mol. The molecule has 0 aromatic carbocycles. The van der Waals surface area contributed by atoms with Gasteiger partial charge in [-0.15, -0.1) is 0 Å². The first-order valence-electron chi connectivity index (χ1n) is 7.83. The number of nitrogens with zero attached hydrogens (tertiary/aromatic N) is 4. The second kappa shape index (κ2) is 6.00. The van der Waals surface area contributed by atoms with Crippen LogP contribution in [0.3, 0.4) is 0 Å². The number of hydrogen-bond acceptors (Lipinski definition) is 7. The second-order valence-electron chi connectivity index (χ2n) is 5.84. The highest BCUT2D eigenvalue weighted by Gasteiger charge is 2.28. The molecule has 7 nitrogen and oxygen atoms in total. The Morgan fingerprint density at radius 3 is 3.00 bits per heavy atom. The van der Waals surface area contributed by atoms with Crippen LogP contribution in [-0.2, 0) is 6.54 Å². The van der Waals surface area contributed by atoms with Gasteiger partial charge < -0.3 is 13.5 Å². The lowest BCUT2D eigenvalue weighted by Gasteiger charge is -2.33. The lowest BCUT2D eigenvalue weighted by molar-refractivity contribution is 0.129. The van der Waals surface area contributed by atoms with Gasteiger partial charge in [0.1, 0.15) is 11.5 Å². The van der Waals surface area contributed by atoms with Gasteiger partial charge in [-0.1, -0.05) is 16.7 Å². The normalized spacial score (nSPS) is 19.3. The summed E-state index contributed by atoms with van der Waals surface area (Å²) in [6.45, 7) is 3.53. The highest BCUT2D eigenvalue weighted by molar-refractivity contribution is 5.42. The van der Waals surface area contributed by atoms with Crippen LogP contribution in [0.5, 0.6) is 0 Å². The Morgan fingerprint density at radius 1 is 1.26 bits per heavy atom. The minimum absolute atomic E-state index is 0.242. The zero-order valence-corrected chi connectivity index (χ0v) is 12.9. The molecule has 7 heteroatoms. The van der Waals surface area contributed by atoms with Gasteiger partial charge in [0.05, 0.1) is 18.8 Å². The largest absolute Gasteiger partial charge is 0.459 e. The fourth-order valence-electron chi connectivity index (χ4n) is 3.06. The summed E-state index contributed by atoms with van der Waals surface area (Å²) in [6.07, 6.45) is 5.01. The Balaban J connectivity index is 1.52. The van der Waals surface area contributed by atoms with Gasteiger partial charge in [-0.25, -0.2) is 0 Å². The SMILES string of the molecule is Cc1cc([C@H]2CCCCN2Cc2noc(-c3ccco3)n2)no1. The van der Waals surface area contributed by atoms with Gasteiger partial charge in [0.2, 0.25) is 0 Å². The minimum atomic E-state index is 0.242. The van der Waals surface area contributed by atoms with E-state index in [-0.39, 0.29) is 6.04 Å². The average molecular weight is 314 g/mol. The van der Waals surface area contributed by atoms with Gasteiger partial charge in [-0.2, -0.15) is 4.98 Å². The van der Waals surface area contributed by atoms with Crippen molar-refractivity contribution in [1.82, 2.24) is 20.2 Å². The predicted molar refractivity (Wildman–Crippen MR) is 80.2 cm³/mol. The van der Waals surface area contributed by atoms with Crippen molar-refractivity contribution in [3.8, 4) is 11.7 Å². The third-order valence-electron chi connectivity index (χ3n) is 4.15. The van der Waals surface area contributed by atoms with Crippen LogP contribution in [0.1, 0.15) is 42.6 Å². The van der Waals surface area contributed by atoms with Crippen molar-refractivity contribution in [2.24, 2.45) is 0 Å². The van der Waals surface area contributed by atoms with E-state index in [9.17, 15) is 0 Å². The molecule has 1 atom stereocenters. The fraction of sp³-hybridized carbons (Fsp3) is 0.438. The van der Waals surface area contributed by atoms with Gasteiger partial charge in [0, 0.05) is 6.07 Å². The summed E-state index contributed by atoms with van der Waals surface area (Å²) in [7, 11) is 0. The van der Waals surface area contributed by atoms with E-state index < -0.39 is 0 Å². The molecule has 0 amide bonds. The summed E-state index contributed by atoms with van der Waals surface area (Å²) >= 11 is 0. The van der Waals surface area contributed by atoms with Crippen molar-refractivity contribution in [2.75, 3.05) is 6.54 Å². The zero-order chi connectivity index (χ0) is 15.6. The molecular weight excluding hydrogens is 296 g/mol. The van der Waals surface area contributed by atoms with E-state index in [1.54, 1.807) is 18.4 Å². The average Bonchev–Trinajstić information content (AvgIpc) is 3.28. The van der Waals surface area contributed by atoms with Gasteiger partial charge in [-0.3, -0.25) is 4.90 Å². The molecule has 1 aliphatic rings. The van der Waals surface area contributed by atoms with Gasteiger partial charge >= 0.3 is 0 Å². The molecule has 0 unspecified atom stereocenters. The lowest BCUT2D eigenvalue weighted by atomic mass is 9.99. The summed E-state index contributed by atoms with van der Waals surface area (Å²) < 4.78 is 15.8. The molecule has 3 aromatic heterocycles. The van der Waals surface area contributed by atoms with Crippen molar-refractivity contribution < 1.29 is 13.5 Å². The zero-order valence-electron chi connectivity index (χ0n) is 12.9. The summed E-state index contributed by atoms with van der Waals surface area (Å²) in [5.74, 6) is 2.50. The predicted octanol–water partition coefficient (Wildman–Crippen LogP) is 3.35. The maximum Gasteiger partial charge on any atom is 0.293 e. The fourth-order valence-corrected chi connectivity index (χ4v) is 3.06. The van der Waals surface area contributed by atoms with Gasteiger partial charge in [0.25, 0.3) is 5.89 Å². The molecule has 0 saturated carbocycles. The van der Waals surface area contributed by atoms with Crippen LogP contribution in [0.15, 0.2) is 37.9 Å². The number of rotatable bonds is 4. The summed E-state index contributed by atoms with van der Waals surface area (Å²) in [4.78, 5) is 6.75. The molecule has 3 aromatic rings. The standard InChI is InChI=1S/C16H18N4O3/c1-11-9-12(18-22-11)13-5-2-3-7-20(13)10-15-17-16(23-19-15)14-6-4-8-21-14/h4,6,8-9,13H,2-3,5,7,10H2,1H3/t13-/m1/s1. The molecule has 0 radical (unpaired) electrons. The minimum Gasteiger partial charge on any atom is -0.459 e. The first-order valence-corrected chi connectivity index (χ1v) is 7.83. The molecule has 0 bridgehead atoms. The van der Waals surface area contributed by atoms with Crippen LogP contribution in [0.4, 0.5) is 0 Å². The van der Waals surface area contributed by atoms with Crippen LogP contribution in [0.25, 0.3) is 11.7 Å². The number of furan rings is 1. The lowest BCUT2D eigenvalue weighted by Crippen LogP contribution is -2.33. The molecule has 120 valence electrons. The van der Waals surface area contributed by atoms with Crippen LogP contribution < -0.4 is 0 Å². The maximum absolute atomic E-state index is 5.28. The molecular formula is C16H18N4O3. The van der Waals surface area contributed by atoms with E-state index in [1.165, 1.54) is 6.42 Å². The van der Waals surface area contributed by atoms with Crippen molar-refractivity contribution in [2.45, 2.75) is 38.8 Å². The van der Waals surface area contributed by atoms with Gasteiger partial charge in [0.15, 0.2) is 11.6 Å². The van der Waals surface area contributed by atoms with Crippen molar-refractivity contribution >= 4 is 0 Å². The highest BCUT2D eigenvalue weighted by atomic mass is 16.5. The van der Waals surface area contributed by atoms with E-state index >= 15 is 0 Å². The molecule has 0 N–H and O–H groups in total. The Morgan fingerprint density at radius 2 is 2.22 bits per heavy atom. The quantitative estimate of drug-likeness (QED) is 0.730. The molecule has 0 aliphatic carbocycles. The Labute approximate surface area is 133 Å². The van der Waals surface area contributed by atoms with E-state index in [0.717, 1.165) is 30.8 Å². The van der Waals surface area contributed by atoms with E-state index in [1.807, 2.05) is 13.0 Å². The molecule has 4 rings (SSSR count). The third-order valence-corrected chi connectivity index (χ3v) is 4.15. The topological polar surface area (TPSA) is 81.3 Å². The van der Waals surface area contributed by atoms with Crippen LogP contribution in [0.2, 0.25) is 0 Å². The first kappa shape index (κ1) is 14.2. The van der Waals surface area contributed by atoms with E-state index in [2.05, 4.69) is 20.2 Å². The van der Waals surface area contributed by atoms with E-state index in [4.69, 9.17) is 13.5 Å². The third kappa shape index (κ3) is 2.92. The Hall–Kier alpha value is -2.41. The molecule has 1 saturated heterocycles. The molecule has 23 heavy (non-hydrogen) atoms. The van der Waals surface area contributed by atoms with Crippen molar-refractivity contribution in [1.29, 1.82) is 0 Å². The van der Waals surface area contributed by atoms with E-state index in [0.29, 0.717) is 24.0 Å². The molecule has 0 spiro atoms. The number of aromatic nitrogens is 3. The summed E-state index contributed by atoms with van der Waals surface area (Å²) in [5, 5.41) is 8.25. The number of hydrogen-bond donors (Lipinski definition) is 0. The second-order valence-corrected chi connectivity index (χ2v) is 5.84. The van der Waals surface area contributed by atoms with Gasteiger partial charge in [-0.05, 0) is 38.4 Å². The Kier molecular flexibility index (Phi) is 3.70. The number of aryl methyl sites for hydroxylation is 1. The smallest absolute Gasteiger partial charge is 0.293 e.